The van der Waals surface area contributed by atoms with E-state index in [2.05, 4.69) is 141 Å². The summed E-state index contributed by atoms with van der Waals surface area (Å²) in [5.74, 6) is 1.86. The number of ether oxygens (including phenoxy) is 1. The number of nitrogen functional groups attached to an aromatic ring is 4. The zero-order valence-electron chi connectivity index (χ0n) is 68.7. The van der Waals surface area contributed by atoms with E-state index < -0.39 is 18.3 Å². The van der Waals surface area contributed by atoms with Crippen LogP contribution >= 0.6 is 66.5 Å². The molecule has 1 saturated heterocycles. The molecule has 22 rings (SSSR count). The normalized spacial score (nSPS) is 12.6. The number of carbonyl (C=O) groups is 1. The minimum atomic E-state index is -3.22. The summed E-state index contributed by atoms with van der Waals surface area (Å²) in [6.45, 7) is 10.9. The van der Waals surface area contributed by atoms with Gasteiger partial charge >= 0.3 is 18.3 Å². The fourth-order valence-corrected chi connectivity index (χ4v) is 12.3. The van der Waals surface area contributed by atoms with Crippen LogP contribution in [0.25, 0.3) is 118 Å². The lowest BCUT2D eigenvalue weighted by Gasteiger charge is -2.32. The first kappa shape index (κ1) is 92.6. The molecular formula is C83H73BBrCl4N28O12P. The number of hydrogen-bond donors (Lipinski definition) is 8. The molecule has 0 bridgehead atoms. The molecule has 0 spiro atoms. The Morgan fingerprint density at radius 2 is 1.00 bits per heavy atom. The number of benzene rings is 4. The van der Waals surface area contributed by atoms with Crippen molar-refractivity contribution < 1.29 is 51.5 Å². The molecule has 0 amide bonds. The van der Waals surface area contributed by atoms with Gasteiger partial charge in [-0.3, -0.25) is 34.7 Å². The van der Waals surface area contributed by atoms with Gasteiger partial charge in [0.15, 0.2) is 44.9 Å². The number of amidine groups is 1. The van der Waals surface area contributed by atoms with Crippen LogP contribution in [-0.4, -0.2) is 157 Å². The minimum absolute atomic E-state index is 0.0433. The summed E-state index contributed by atoms with van der Waals surface area (Å²) in [7, 11) is -0.396. The van der Waals surface area contributed by atoms with Gasteiger partial charge in [0.05, 0.1) is 82.6 Å². The van der Waals surface area contributed by atoms with Gasteiger partial charge in [-0.2, -0.15) is 45.4 Å². The predicted molar refractivity (Wildman–Crippen MR) is 497 cm³/mol. The van der Waals surface area contributed by atoms with Crippen molar-refractivity contribution in [1.82, 2.24) is 103 Å². The number of halogens is 5. The molecule has 47 heteroatoms. The van der Waals surface area contributed by atoms with Gasteiger partial charge in [-0.05, 0) is 217 Å². The van der Waals surface area contributed by atoms with Crippen LogP contribution < -0.4 is 44.9 Å². The van der Waals surface area contributed by atoms with Gasteiger partial charge in [0.25, 0.3) is 29.6 Å². The van der Waals surface area contributed by atoms with E-state index in [1.54, 1.807) is 109 Å². The van der Waals surface area contributed by atoms with Crippen molar-refractivity contribution in [2.75, 3.05) is 41.3 Å². The molecule has 16 aromatic heterocycles. The maximum absolute atomic E-state index is 10.7. The lowest BCUT2D eigenvalue weighted by atomic mass is 9.79. The zero-order valence-corrected chi connectivity index (χ0v) is 74.2. The number of fused-ring (bicyclic) bond motifs is 9. The Labute approximate surface area is 762 Å². The number of aromatic nitrogens is 21. The van der Waals surface area contributed by atoms with Gasteiger partial charge in [-0.1, -0.05) is 23.7 Å². The Morgan fingerprint density at radius 1 is 0.554 bits per heavy atom. The fourth-order valence-electron chi connectivity index (χ4n) is 11.8. The highest BCUT2D eigenvalue weighted by Gasteiger charge is 2.52. The second kappa shape index (κ2) is 41.6. The van der Waals surface area contributed by atoms with Crippen LogP contribution in [0.15, 0.2) is 276 Å². The van der Waals surface area contributed by atoms with Crippen LogP contribution in [0.1, 0.15) is 34.6 Å². The van der Waals surface area contributed by atoms with E-state index >= 15 is 0 Å². The van der Waals surface area contributed by atoms with E-state index in [4.69, 9.17) is 82.6 Å². The fraction of sp³-hybridized carbons (Fsp3) is 0.108. The van der Waals surface area contributed by atoms with E-state index in [1.165, 1.54) is 30.6 Å². The number of nitrogens with one attached hydrogen (secondary N) is 1. The number of rotatable bonds is 7. The molecule has 0 saturated carbocycles. The highest BCUT2D eigenvalue weighted by molar-refractivity contribution is 9.10. The van der Waals surface area contributed by atoms with Gasteiger partial charge in [0, 0.05) is 108 Å². The van der Waals surface area contributed by atoms with Crippen LogP contribution in [-0.2, 0) is 23.4 Å². The summed E-state index contributed by atoms with van der Waals surface area (Å²) in [5, 5.41) is 34.6. The van der Waals surface area contributed by atoms with Crippen molar-refractivity contribution in [2.45, 2.75) is 45.8 Å². The summed E-state index contributed by atoms with van der Waals surface area (Å²) < 4.78 is 56.2. The second-order valence-corrected chi connectivity index (χ2v) is 35.6. The topological polar surface area (TPSA) is 549 Å². The molecule has 0 aliphatic carbocycles. The number of carbonyl (C=O) groups excluding carboxylic acids is 1. The highest BCUT2D eigenvalue weighted by Crippen LogP contribution is 2.61. The maximum atomic E-state index is 10.7. The van der Waals surface area contributed by atoms with Crippen LogP contribution in [0.5, 0.6) is 0 Å². The standard InChI is InChI=1S/C18H12N6O.C13H17BN2O3.C13H8BrN5O.C13H9N5O.C6H4ClN3.C6H5N3O.C5H6N2O2.C5H6O2.C4H6N2.Cl3OP/c19-18-23-15-9-12(1-2-16(15)25-18)14-5-8-24-17(22-14)13(10-21-24)11-3-6-20-7-4-11;1-12(2)13(3,4)19-14(18-12)8-5-6-10-9(7-8)16-11(15)17-10;14-8-6-16-19-4-3-9(17-12(8)19)7-1-2-11-10(5-7)18-13(15)20-11;14-13-17-10-7-8(1-2-11(10)19-13)9-4-6-18-12(16-9)3-5-15-18;7-5-2-4-10-6(9-5)1-3-8-10;10-6-2-4-9-5(8-6)1-3-7-9;8-7(9)5-1-3-6-4-2-5;1-3-5(6)7-4-2;5-4-2-1-3-6-4;1-5(2,3)4/h1-10H,(H2,19,23);5-7H,1-4H3,(H2,15,16);1-6H,(H2,15,18);1-7H,(H2,14,17);1-4H;1-4H,(H,8,10);1-4,8-9H;1H,4H2,2H3;1-2H,3H2,(H2,5,6);. The van der Waals surface area contributed by atoms with Crippen LogP contribution in [0.3, 0.4) is 0 Å². The number of nitrogens with two attached hydrogens (primary N) is 5. The number of oxazole rings is 4. The average molecular weight is 1920 g/mol. The molecule has 1 fully saturated rings. The Morgan fingerprint density at radius 3 is 1.48 bits per heavy atom. The summed E-state index contributed by atoms with van der Waals surface area (Å²) in [6.07, 6.45) is 32.4. The number of H-pyrrole nitrogens is 1. The SMILES string of the molecule is C#CC(=O)OCC.CC1(C)OB(c2ccc3oc(N)nc3c2)OC1(C)C.Clc1ccn2nccc2n1.NC1=NCC=C1.Nc1nc2cc(-c3ccn4ncc(-c5ccncc5)c4n3)ccc2o1.Nc1nc2cc(-c3ccn4ncc(Br)c4n3)ccc2o1.Nc1nc2cc(-c3ccn4nccc4n3)ccc2o1.O=P(Cl)(Cl)Cl.O=c1ccn2nccc2[nH]1.ON(O)c1ccncc1. The number of aliphatic imine (C=N–C) groups is 1. The third-order valence-corrected chi connectivity index (χ3v) is 19.2. The quantitative estimate of drug-likeness (QED) is 0.0140. The summed E-state index contributed by atoms with van der Waals surface area (Å²) in [5.41, 5.74) is 44.5. The Hall–Kier alpha value is -15.0. The van der Waals surface area contributed by atoms with Crippen molar-refractivity contribution in [2.24, 2.45) is 10.7 Å². The van der Waals surface area contributed by atoms with E-state index in [0.29, 0.717) is 67.8 Å². The van der Waals surface area contributed by atoms with Crippen molar-refractivity contribution in [1.29, 1.82) is 0 Å². The number of esters is 1. The molecule has 130 heavy (non-hydrogen) atoms. The molecule has 2 aliphatic rings. The van der Waals surface area contributed by atoms with Gasteiger partial charge in [-0.15, -0.1) is 11.6 Å². The lowest BCUT2D eigenvalue weighted by Crippen LogP contribution is -2.41. The van der Waals surface area contributed by atoms with E-state index in [9.17, 15) is 14.2 Å². The molecular weight excluding hydrogens is 1840 g/mol. The summed E-state index contributed by atoms with van der Waals surface area (Å²) in [6, 6.07) is 44.4. The number of pyridine rings is 2. The monoisotopic (exact) mass is 1910 g/mol. The summed E-state index contributed by atoms with van der Waals surface area (Å²) in [4.78, 5) is 69.2. The van der Waals surface area contributed by atoms with Crippen molar-refractivity contribution in [3.63, 3.8) is 0 Å². The Kier molecular flexibility index (Phi) is 29.7. The highest BCUT2D eigenvalue weighted by atomic mass is 79.9. The van der Waals surface area contributed by atoms with E-state index in [0.717, 1.165) is 89.5 Å². The van der Waals surface area contributed by atoms with Crippen molar-refractivity contribution in [3.8, 4) is 57.2 Å². The van der Waals surface area contributed by atoms with E-state index in [-0.39, 0.29) is 46.0 Å². The Bertz CT molecular complexity index is 7530. The first-order valence-electron chi connectivity index (χ1n) is 38.2. The molecule has 0 unspecified atom stereocenters. The Balaban J connectivity index is 0.000000128. The number of terminal acetylenes is 1. The zero-order chi connectivity index (χ0) is 92.4. The number of nitrogens with zero attached hydrogens (tertiary/aromatic N) is 22. The van der Waals surface area contributed by atoms with Gasteiger partial charge in [0.1, 0.15) is 38.7 Å². The van der Waals surface area contributed by atoms with Crippen molar-refractivity contribution >= 4 is 193 Å². The van der Waals surface area contributed by atoms with Crippen molar-refractivity contribution in [3.05, 3.63) is 264 Å². The van der Waals surface area contributed by atoms with Crippen LogP contribution in [0, 0.1) is 12.3 Å². The molecule has 18 heterocycles. The van der Waals surface area contributed by atoms with Gasteiger partial charge in [0.2, 0.25) is 0 Å². The number of anilines is 5. The molecule has 2 aliphatic heterocycles. The third kappa shape index (κ3) is 24.4. The first-order valence-corrected chi connectivity index (χ1v) is 43.8. The van der Waals surface area contributed by atoms with E-state index in [1.807, 2.05) is 168 Å². The summed E-state index contributed by atoms with van der Waals surface area (Å²) >= 11 is 22.9. The smallest absolute Gasteiger partial charge is 0.456 e. The van der Waals surface area contributed by atoms with Gasteiger partial charge in [-0.25, -0.2) is 47.3 Å². The molecule has 13 N–H and O–H groups in total. The number of hydrogen-bond acceptors (Lipinski definition) is 34. The predicted octanol–water partition coefficient (Wildman–Crippen LogP) is 14.9. The van der Waals surface area contributed by atoms with Crippen LogP contribution in [0.2, 0.25) is 5.15 Å². The minimum Gasteiger partial charge on any atom is -0.456 e. The first-order chi connectivity index (χ1) is 62.3. The molecule has 40 nitrogen and oxygen atoms in total. The third-order valence-electron chi connectivity index (χ3n) is 18.5. The molecule has 0 atom stereocenters. The molecule has 20 aromatic rings. The lowest BCUT2D eigenvalue weighted by molar-refractivity contribution is -0.136. The van der Waals surface area contributed by atoms with Crippen LogP contribution in [0.4, 0.5) is 29.7 Å². The largest absolute Gasteiger partial charge is 0.494 e. The second-order valence-electron chi connectivity index (χ2n) is 27.7. The maximum Gasteiger partial charge on any atom is 0.494 e. The molecule has 0 radical (unpaired) electrons. The van der Waals surface area contributed by atoms with Gasteiger partial charge < -0.3 is 65.4 Å². The molecule has 4 aromatic carbocycles. The average Bonchev–Trinajstić information content (AvgIpc) is 1.62. The number of aromatic amines is 1. The molecule has 660 valence electrons.